The van der Waals surface area contributed by atoms with Crippen molar-refractivity contribution in [3.8, 4) is 11.5 Å². The van der Waals surface area contributed by atoms with Gasteiger partial charge in [-0.15, -0.1) is 0 Å². The second-order valence-corrected chi connectivity index (χ2v) is 11.5. The molecule has 0 bridgehead atoms. The van der Waals surface area contributed by atoms with E-state index in [4.69, 9.17) is 0 Å². The minimum absolute atomic E-state index is 0.0627. The van der Waals surface area contributed by atoms with E-state index in [0.29, 0.717) is 33.1 Å². The zero-order valence-corrected chi connectivity index (χ0v) is 22.9. The number of phenolic OH excluding ortho intramolecular Hbond substituents is 1. The Labute approximate surface area is 245 Å². The van der Waals surface area contributed by atoms with Crippen LogP contribution < -0.4 is 4.90 Å². The molecule has 1 heterocycles. The lowest BCUT2D eigenvalue weighted by Gasteiger charge is -2.42. The number of aromatic hydroxyl groups is 2. The quantitative estimate of drug-likeness (QED) is 0.233. The van der Waals surface area contributed by atoms with E-state index in [0.717, 1.165) is 22.6 Å². The van der Waals surface area contributed by atoms with E-state index in [1.807, 2.05) is 18.2 Å². The first kappa shape index (κ1) is 26.6. The van der Waals surface area contributed by atoms with Crippen molar-refractivity contribution in [2.24, 2.45) is 17.8 Å². The van der Waals surface area contributed by atoms with Gasteiger partial charge in [-0.05, 0) is 60.9 Å². The van der Waals surface area contributed by atoms with Crippen LogP contribution in [0.2, 0.25) is 0 Å². The van der Waals surface area contributed by atoms with Crippen molar-refractivity contribution in [2.45, 2.75) is 25.7 Å². The number of amides is 2. The maximum Gasteiger partial charge on any atom is 0.339 e. The lowest BCUT2D eigenvalue weighted by atomic mass is 9.59. The summed E-state index contributed by atoms with van der Waals surface area (Å²) in [5.74, 6) is -6.16. The molecule has 3 aromatic carbocycles. The topological polar surface area (TPSA) is 149 Å². The third kappa shape index (κ3) is 3.74. The number of ketones is 2. The van der Waals surface area contributed by atoms with Crippen molar-refractivity contribution in [1.29, 1.82) is 0 Å². The van der Waals surface area contributed by atoms with Gasteiger partial charge < -0.3 is 15.3 Å². The number of phenols is 2. The molecule has 3 aromatic rings. The Morgan fingerprint density at radius 3 is 2.35 bits per heavy atom. The maximum atomic E-state index is 14.1. The molecular formula is C34H25NO8. The number of aromatic carboxylic acids is 1. The molecule has 214 valence electrons. The predicted octanol–water partition coefficient (Wildman–Crippen LogP) is 4.58. The average Bonchev–Trinajstić information content (AvgIpc) is 3.24. The van der Waals surface area contributed by atoms with Crippen molar-refractivity contribution in [3.05, 3.63) is 100 Å². The van der Waals surface area contributed by atoms with Crippen LogP contribution in [-0.2, 0) is 19.2 Å². The second kappa shape index (κ2) is 9.35. The van der Waals surface area contributed by atoms with Gasteiger partial charge in [-0.3, -0.25) is 19.2 Å². The van der Waals surface area contributed by atoms with Crippen molar-refractivity contribution in [3.63, 3.8) is 0 Å². The number of anilines is 1. The van der Waals surface area contributed by atoms with E-state index in [1.165, 1.54) is 12.1 Å². The van der Waals surface area contributed by atoms with Crippen LogP contribution in [0.15, 0.2) is 89.0 Å². The highest BCUT2D eigenvalue weighted by atomic mass is 16.4. The Morgan fingerprint density at radius 1 is 0.884 bits per heavy atom. The summed E-state index contributed by atoms with van der Waals surface area (Å²) >= 11 is 0. The summed E-state index contributed by atoms with van der Waals surface area (Å²) in [5.41, 5.74) is 2.21. The summed E-state index contributed by atoms with van der Waals surface area (Å²) in [6.07, 6.45) is 3.57. The fourth-order valence-corrected chi connectivity index (χ4v) is 7.37. The number of hydrogen-bond donors (Lipinski definition) is 3. The molecule has 9 heteroatoms. The van der Waals surface area contributed by atoms with Gasteiger partial charge in [0.1, 0.15) is 17.1 Å². The third-order valence-corrected chi connectivity index (χ3v) is 9.28. The van der Waals surface area contributed by atoms with E-state index in [9.17, 15) is 39.3 Å². The van der Waals surface area contributed by atoms with E-state index in [1.54, 1.807) is 31.2 Å². The molecule has 0 spiro atoms. The number of imide groups is 1. The maximum absolute atomic E-state index is 14.1. The number of rotatable bonds is 3. The largest absolute Gasteiger partial charge is 0.507 e. The number of hydrogen-bond acceptors (Lipinski definition) is 7. The predicted molar refractivity (Wildman–Crippen MR) is 154 cm³/mol. The SMILES string of the molecule is CC1=CC(=O)C2=C(C1=O)C(c1ccc(O)c3ccccc13)C1=CCC3C(=O)N(c4ccc(C(=O)O)c(O)c4)C(=O)C3C1C2. The number of allylic oxidation sites excluding steroid dienone is 6. The van der Waals surface area contributed by atoms with Gasteiger partial charge in [0.2, 0.25) is 11.8 Å². The lowest BCUT2D eigenvalue weighted by Crippen LogP contribution is -2.39. The summed E-state index contributed by atoms with van der Waals surface area (Å²) in [6, 6.07) is 14.1. The normalized spacial score (nSPS) is 24.9. The van der Waals surface area contributed by atoms with Crippen LogP contribution in [-0.4, -0.2) is 44.7 Å². The van der Waals surface area contributed by atoms with Crippen LogP contribution in [0.5, 0.6) is 11.5 Å². The van der Waals surface area contributed by atoms with Crippen LogP contribution in [0.3, 0.4) is 0 Å². The molecule has 9 nitrogen and oxygen atoms in total. The highest BCUT2D eigenvalue weighted by Crippen LogP contribution is 2.56. The van der Waals surface area contributed by atoms with Crippen LogP contribution in [0.4, 0.5) is 5.69 Å². The van der Waals surface area contributed by atoms with Gasteiger partial charge in [-0.1, -0.05) is 42.0 Å². The molecule has 3 N–H and O–H groups in total. The molecule has 2 amide bonds. The number of fused-ring (bicyclic) bond motifs is 4. The summed E-state index contributed by atoms with van der Waals surface area (Å²) < 4.78 is 0. The average molecular weight is 576 g/mol. The van der Waals surface area contributed by atoms with Crippen molar-refractivity contribution in [2.75, 3.05) is 4.90 Å². The van der Waals surface area contributed by atoms with Gasteiger partial charge in [-0.2, -0.15) is 0 Å². The summed E-state index contributed by atoms with van der Waals surface area (Å²) in [5, 5.41) is 31.4. The molecule has 0 saturated carbocycles. The number of carbonyl (C=O) groups is 5. The molecule has 0 aromatic heterocycles. The third-order valence-electron chi connectivity index (χ3n) is 9.28. The summed E-state index contributed by atoms with van der Waals surface area (Å²) in [7, 11) is 0. The molecule has 4 aliphatic rings. The monoisotopic (exact) mass is 575 g/mol. The molecule has 4 unspecified atom stereocenters. The van der Waals surface area contributed by atoms with E-state index >= 15 is 0 Å². The van der Waals surface area contributed by atoms with Gasteiger partial charge >= 0.3 is 5.97 Å². The van der Waals surface area contributed by atoms with Gasteiger partial charge in [0, 0.05) is 34.1 Å². The zero-order chi connectivity index (χ0) is 30.3. The Kier molecular flexibility index (Phi) is 5.78. The van der Waals surface area contributed by atoms with Crippen molar-refractivity contribution in [1.82, 2.24) is 0 Å². The molecule has 1 aliphatic heterocycles. The number of nitrogens with zero attached hydrogens (tertiary/aromatic N) is 1. The molecule has 1 fully saturated rings. The summed E-state index contributed by atoms with van der Waals surface area (Å²) in [4.78, 5) is 67.2. The Balaban J connectivity index is 1.38. The number of carboxylic acids is 1. The van der Waals surface area contributed by atoms with Crippen molar-refractivity contribution < 1.29 is 39.3 Å². The van der Waals surface area contributed by atoms with Gasteiger partial charge in [0.15, 0.2) is 11.6 Å². The van der Waals surface area contributed by atoms with Crippen molar-refractivity contribution >= 4 is 45.8 Å². The Hall–Kier alpha value is -5.31. The number of carboxylic acid groups (broad SMARTS) is 1. The lowest BCUT2D eigenvalue weighted by molar-refractivity contribution is -0.123. The first-order valence-corrected chi connectivity index (χ1v) is 13.9. The molecule has 1 saturated heterocycles. The van der Waals surface area contributed by atoms with E-state index in [-0.39, 0.29) is 41.4 Å². The Bertz CT molecular complexity index is 1950. The van der Waals surface area contributed by atoms with E-state index in [2.05, 4.69) is 0 Å². The fraction of sp³-hybridized carbons (Fsp3) is 0.206. The van der Waals surface area contributed by atoms with E-state index < -0.39 is 47.2 Å². The number of carbonyl (C=O) groups excluding carboxylic acids is 4. The standard InChI is InChI=1S/C34H25NO8/c1-15-12-26(37)24-14-23-20(28(30(24)31(15)39)19-10-11-25(36)18-5-3-2-4-17(18)19)8-9-22-29(23)33(41)35(32(22)40)16-6-7-21(34(42)43)27(38)13-16/h2-8,10-13,22-23,28-29,36,38H,9,14H2,1H3,(H,42,43). The molecular weight excluding hydrogens is 550 g/mol. The first-order valence-electron chi connectivity index (χ1n) is 13.9. The minimum Gasteiger partial charge on any atom is -0.507 e. The van der Waals surface area contributed by atoms with Crippen LogP contribution >= 0.6 is 0 Å². The molecule has 3 aliphatic carbocycles. The second-order valence-electron chi connectivity index (χ2n) is 11.5. The van der Waals surface area contributed by atoms with Crippen LogP contribution in [0.1, 0.15) is 41.6 Å². The molecule has 7 rings (SSSR count). The number of benzene rings is 3. The molecule has 0 radical (unpaired) electrons. The number of Topliss-reactive ketones (excluding diaryl/α,β-unsaturated/α-hetero) is 1. The fourth-order valence-electron chi connectivity index (χ4n) is 7.37. The van der Waals surface area contributed by atoms with Crippen LogP contribution in [0, 0.1) is 17.8 Å². The Morgan fingerprint density at radius 2 is 1.63 bits per heavy atom. The van der Waals surface area contributed by atoms with Gasteiger partial charge in [-0.25, -0.2) is 9.69 Å². The van der Waals surface area contributed by atoms with Gasteiger partial charge in [0.05, 0.1) is 17.5 Å². The summed E-state index contributed by atoms with van der Waals surface area (Å²) in [6.45, 7) is 1.61. The minimum atomic E-state index is -1.35. The highest BCUT2D eigenvalue weighted by molar-refractivity contribution is 6.25. The van der Waals surface area contributed by atoms with Gasteiger partial charge in [0.25, 0.3) is 0 Å². The molecule has 4 atom stereocenters. The zero-order valence-electron chi connectivity index (χ0n) is 22.9. The van der Waals surface area contributed by atoms with Crippen LogP contribution in [0.25, 0.3) is 10.8 Å². The smallest absolute Gasteiger partial charge is 0.339 e. The highest BCUT2D eigenvalue weighted by Gasteiger charge is 2.56. The molecule has 43 heavy (non-hydrogen) atoms. The first-order chi connectivity index (χ1) is 20.6.